The van der Waals surface area contributed by atoms with E-state index < -0.39 is 0 Å². The minimum atomic E-state index is 0.369. The van der Waals surface area contributed by atoms with Crippen LogP contribution in [0.1, 0.15) is 52.9 Å². The van der Waals surface area contributed by atoms with Crippen molar-refractivity contribution in [2.24, 2.45) is 11.3 Å². The van der Waals surface area contributed by atoms with E-state index in [0.717, 1.165) is 32.1 Å². The molecule has 0 aromatic rings. The molecule has 21 heavy (non-hydrogen) atoms. The maximum Gasteiger partial charge on any atom is 0.232 e. The lowest BCUT2D eigenvalue weighted by atomic mass is 9.77. The molecule has 2 rings (SSSR count). The van der Waals surface area contributed by atoms with Gasteiger partial charge in [-0.2, -0.15) is 0 Å². The summed E-state index contributed by atoms with van der Waals surface area (Å²) in [6.07, 6.45) is 6.04. The van der Waals surface area contributed by atoms with Crippen LogP contribution in [0, 0.1) is 11.3 Å². The van der Waals surface area contributed by atoms with Gasteiger partial charge >= 0.3 is 0 Å². The average molecular weight is 313 g/mol. The lowest BCUT2D eigenvalue weighted by Crippen LogP contribution is -2.35. The number of amides is 1. The van der Waals surface area contributed by atoms with Gasteiger partial charge in [-0.25, -0.2) is 0 Å². The molecular formula is C17H32N2OS. The van der Waals surface area contributed by atoms with Crippen LogP contribution in [-0.4, -0.2) is 48.0 Å². The number of hydrogen-bond donors (Lipinski definition) is 1. The van der Waals surface area contributed by atoms with Crippen molar-refractivity contribution in [1.82, 2.24) is 10.2 Å². The number of carbonyl (C=O) groups is 1. The molecule has 1 atom stereocenters. The third-order valence-electron chi connectivity index (χ3n) is 5.03. The van der Waals surface area contributed by atoms with Crippen LogP contribution in [0.2, 0.25) is 0 Å². The second-order valence-electron chi connectivity index (χ2n) is 7.64. The van der Waals surface area contributed by atoms with Crippen LogP contribution in [0.4, 0.5) is 0 Å². The van der Waals surface area contributed by atoms with Crippen molar-refractivity contribution in [2.45, 2.75) is 58.1 Å². The van der Waals surface area contributed by atoms with Crippen molar-refractivity contribution < 1.29 is 4.79 Å². The first kappa shape index (κ1) is 17.1. The SMILES string of the molecule is CC(C)(C)C1CCCN(C(=O)CSC2CCNCC2)CC1. The zero-order valence-electron chi connectivity index (χ0n) is 14.0. The Morgan fingerprint density at radius 1 is 1.14 bits per heavy atom. The van der Waals surface area contributed by atoms with E-state index in [2.05, 4.69) is 31.0 Å². The molecule has 1 amide bonds. The average Bonchev–Trinajstić information content (AvgIpc) is 2.71. The van der Waals surface area contributed by atoms with Crippen molar-refractivity contribution in [1.29, 1.82) is 0 Å². The van der Waals surface area contributed by atoms with Gasteiger partial charge in [0.15, 0.2) is 0 Å². The van der Waals surface area contributed by atoms with E-state index in [9.17, 15) is 4.79 Å². The summed E-state index contributed by atoms with van der Waals surface area (Å²) in [5, 5.41) is 4.07. The number of rotatable bonds is 3. The van der Waals surface area contributed by atoms with Gasteiger partial charge in [-0.05, 0) is 56.5 Å². The number of thioether (sulfide) groups is 1. The van der Waals surface area contributed by atoms with Gasteiger partial charge in [0.2, 0.25) is 5.91 Å². The molecule has 0 saturated carbocycles. The summed E-state index contributed by atoms with van der Waals surface area (Å²) in [6, 6.07) is 0. The summed E-state index contributed by atoms with van der Waals surface area (Å²) in [7, 11) is 0. The Kier molecular flexibility index (Phi) is 6.42. The van der Waals surface area contributed by atoms with Crippen molar-refractivity contribution in [3.63, 3.8) is 0 Å². The maximum absolute atomic E-state index is 12.4. The highest BCUT2D eigenvalue weighted by Crippen LogP contribution is 2.34. The molecule has 2 aliphatic rings. The molecule has 0 spiro atoms. The predicted octanol–water partition coefficient (Wildman–Crippen LogP) is 3.15. The number of likely N-dealkylation sites (tertiary alicyclic amines) is 1. The second-order valence-corrected chi connectivity index (χ2v) is 8.92. The van der Waals surface area contributed by atoms with Crippen molar-refractivity contribution in [3.8, 4) is 0 Å². The van der Waals surface area contributed by atoms with Gasteiger partial charge in [0, 0.05) is 18.3 Å². The van der Waals surface area contributed by atoms with E-state index in [4.69, 9.17) is 0 Å². The van der Waals surface area contributed by atoms with E-state index >= 15 is 0 Å². The molecule has 1 N–H and O–H groups in total. The summed E-state index contributed by atoms with van der Waals surface area (Å²) < 4.78 is 0. The Bertz CT molecular complexity index is 334. The minimum absolute atomic E-state index is 0.369. The van der Waals surface area contributed by atoms with E-state index in [-0.39, 0.29) is 0 Å². The Morgan fingerprint density at radius 2 is 1.86 bits per heavy atom. The lowest BCUT2D eigenvalue weighted by molar-refractivity contribution is -0.128. The Labute approximate surface area is 134 Å². The zero-order valence-corrected chi connectivity index (χ0v) is 14.8. The molecule has 122 valence electrons. The Morgan fingerprint density at radius 3 is 2.52 bits per heavy atom. The monoisotopic (exact) mass is 312 g/mol. The smallest absolute Gasteiger partial charge is 0.232 e. The molecular weight excluding hydrogens is 280 g/mol. The fourth-order valence-corrected chi connectivity index (χ4v) is 4.58. The topological polar surface area (TPSA) is 32.3 Å². The van der Waals surface area contributed by atoms with Crippen molar-refractivity contribution in [2.75, 3.05) is 31.9 Å². The first-order valence-electron chi connectivity index (χ1n) is 8.57. The third-order valence-corrected chi connectivity index (χ3v) is 6.39. The van der Waals surface area contributed by atoms with Gasteiger partial charge in [0.05, 0.1) is 5.75 Å². The van der Waals surface area contributed by atoms with Crippen molar-refractivity contribution >= 4 is 17.7 Å². The predicted molar refractivity (Wildman–Crippen MR) is 91.7 cm³/mol. The van der Waals surface area contributed by atoms with Crippen LogP contribution in [0.15, 0.2) is 0 Å². The molecule has 0 aromatic carbocycles. The Balaban J connectivity index is 1.74. The molecule has 3 nitrogen and oxygen atoms in total. The third kappa shape index (κ3) is 5.48. The zero-order chi connectivity index (χ0) is 15.3. The molecule has 2 heterocycles. The Hall–Kier alpha value is -0.220. The molecule has 0 bridgehead atoms. The van der Waals surface area contributed by atoms with Gasteiger partial charge in [-0.15, -0.1) is 11.8 Å². The number of nitrogens with zero attached hydrogens (tertiary/aromatic N) is 1. The summed E-state index contributed by atoms with van der Waals surface area (Å²) >= 11 is 1.88. The first-order valence-corrected chi connectivity index (χ1v) is 9.62. The highest BCUT2D eigenvalue weighted by Gasteiger charge is 2.28. The molecule has 1 unspecified atom stereocenters. The highest BCUT2D eigenvalue weighted by molar-refractivity contribution is 8.00. The minimum Gasteiger partial charge on any atom is -0.342 e. The fourth-order valence-electron chi connectivity index (χ4n) is 3.45. The molecule has 0 aliphatic carbocycles. The second kappa shape index (κ2) is 7.87. The quantitative estimate of drug-likeness (QED) is 0.869. The van der Waals surface area contributed by atoms with Crippen LogP contribution >= 0.6 is 11.8 Å². The number of hydrogen-bond acceptors (Lipinski definition) is 3. The van der Waals surface area contributed by atoms with Crippen LogP contribution in [0.5, 0.6) is 0 Å². The standard InChI is InChI=1S/C17H32N2OS/c1-17(2,3)14-5-4-11-19(12-8-14)16(20)13-21-15-6-9-18-10-7-15/h14-15,18H,4-13H2,1-3H3. The van der Waals surface area contributed by atoms with Gasteiger partial charge < -0.3 is 10.2 Å². The first-order chi connectivity index (χ1) is 9.97. The van der Waals surface area contributed by atoms with Crippen LogP contribution in [0.3, 0.4) is 0 Å². The van der Waals surface area contributed by atoms with Crippen LogP contribution < -0.4 is 5.32 Å². The van der Waals surface area contributed by atoms with Crippen molar-refractivity contribution in [3.05, 3.63) is 0 Å². The van der Waals surface area contributed by atoms with Gasteiger partial charge in [-0.3, -0.25) is 4.79 Å². The summed E-state index contributed by atoms with van der Waals surface area (Å²) in [4.78, 5) is 14.6. The summed E-state index contributed by atoms with van der Waals surface area (Å²) in [5.41, 5.74) is 0.378. The van der Waals surface area contributed by atoms with E-state index in [0.29, 0.717) is 22.3 Å². The van der Waals surface area contributed by atoms with Crippen LogP contribution in [0.25, 0.3) is 0 Å². The summed E-state index contributed by atoms with van der Waals surface area (Å²) in [6.45, 7) is 11.2. The molecule has 4 heteroatoms. The summed E-state index contributed by atoms with van der Waals surface area (Å²) in [5.74, 6) is 1.81. The van der Waals surface area contributed by atoms with E-state index in [1.165, 1.54) is 32.1 Å². The fraction of sp³-hybridized carbons (Fsp3) is 0.941. The highest BCUT2D eigenvalue weighted by atomic mass is 32.2. The lowest BCUT2D eigenvalue weighted by Gasteiger charge is -2.30. The van der Waals surface area contributed by atoms with Gasteiger partial charge in [-0.1, -0.05) is 20.8 Å². The van der Waals surface area contributed by atoms with Gasteiger partial charge in [0.25, 0.3) is 0 Å². The van der Waals surface area contributed by atoms with Gasteiger partial charge in [0.1, 0.15) is 0 Å². The maximum atomic E-state index is 12.4. The largest absolute Gasteiger partial charge is 0.342 e. The number of carbonyl (C=O) groups excluding carboxylic acids is 1. The molecule has 2 saturated heterocycles. The van der Waals surface area contributed by atoms with E-state index in [1.54, 1.807) is 0 Å². The normalized spacial score (nSPS) is 25.7. The molecule has 2 aliphatic heterocycles. The molecule has 0 aromatic heterocycles. The van der Waals surface area contributed by atoms with Crippen LogP contribution in [-0.2, 0) is 4.79 Å². The molecule has 0 radical (unpaired) electrons. The number of piperidine rings is 1. The molecule has 2 fully saturated rings. The number of nitrogens with one attached hydrogen (secondary N) is 1. The van der Waals surface area contributed by atoms with E-state index in [1.807, 2.05) is 11.8 Å².